The van der Waals surface area contributed by atoms with Gasteiger partial charge in [0.15, 0.2) is 0 Å². The van der Waals surface area contributed by atoms with Gasteiger partial charge in [0.25, 0.3) is 0 Å². The van der Waals surface area contributed by atoms with Crippen LogP contribution in [0, 0.1) is 0 Å². The van der Waals surface area contributed by atoms with Crippen LogP contribution >= 0.6 is 11.6 Å². The first-order valence-electron chi connectivity index (χ1n) is 6.56. The van der Waals surface area contributed by atoms with E-state index in [4.69, 9.17) is 17.3 Å². The largest absolute Gasteiger partial charge is 0.399 e. The number of hydrogen-bond donors (Lipinski definition) is 1. The lowest BCUT2D eigenvalue weighted by Gasteiger charge is -2.37. The molecule has 0 spiro atoms. The maximum absolute atomic E-state index is 6.21. The Kier molecular flexibility index (Phi) is 4.49. The van der Waals surface area contributed by atoms with Gasteiger partial charge in [-0.15, -0.1) is 0 Å². The number of benzene rings is 1. The SMILES string of the molecule is CC(C)N1CCN(Cc2ccc(N)cc2Cl)CC1. The summed E-state index contributed by atoms with van der Waals surface area (Å²) in [5.41, 5.74) is 7.61. The summed E-state index contributed by atoms with van der Waals surface area (Å²) in [6.45, 7) is 9.94. The first-order valence-corrected chi connectivity index (χ1v) is 6.94. The molecule has 1 heterocycles. The molecule has 0 unspecified atom stereocenters. The van der Waals surface area contributed by atoms with E-state index in [-0.39, 0.29) is 0 Å². The van der Waals surface area contributed by atoms with Gasteiger partial charge in [0.05, 0.1) is 0 Å². The highest BCUT2D eigenvalue weighted by molar-refractivity contribution is 6.31. The van der Waals surface area contributed by atoms with Crippen LogP contribution < -0.4 is 5.73 Å². The lowest BCUT2D eigenvalue weighted by Crippen LogP contribution is -2.48. The van der Waals surface area contributed by atoms with Gasteiger partial charge >= 0.3 is 0 Å². The monoisotopic (exact) mass is 267 g/mol. The predicted octanol–water partition coefficient (Wildman–Crippen LogP) is 2.45. The minimum atomic E-state index is 0.646. The summed E-state index contributed by atoms with van der Waals surface area (Å²) in [5.74, 6) is 0. The zero-order valence-corrected chi connectivity index (χ0v) is 12.0. The second kappa shape index (κ2) is 5.91. The third-order valence-corrected chi connectivity index (χ3v) is 3.96. The number of rotatable bonds is 3. The Bertz CT molecular complexity index is 398. The molecule has 1 aromatic rings. The summed E-state index contributed by atoms with van der Waals surface area (Å²) in [6, 6.07) is 6.44. The molecule has 0 saturated carbocycles. The Morgan fingerprint density at radius 3 is 2.44 bits per heavy atom. The number of nitrogens with two attached hydrogens (primary N) is 1. The summed E-state index contributed by atoms with van der Waals surface area (Å²) >= 11 is 6.21. The highest BCUT2D eigenvalue weighted by Crippen LogP contribution is 2.21. The van der Waals surface area contributed by atoms with Gasteiger partial charge in [0.2, 0.25) is 0 Å². The van der Waals surface area contributed by atoms with Crippen LogP contribution in [-0.2, 0) is 6.54 Å². The molecule has 2 rings (SSSR count). The molecule has 1 aliphatic rings. The van der Waals surface area contributed by atoms with Crippen molar-refractivity contribution in [2.45, 2.75) is 26.4 Å². The molecule has 1 aromatic carbocycles. The minimum Gasteiger partial charge on any atom is -0.399 e. The van der Waals surface area contributed by atoms with Gasteiger partial charge in [-0.2, -0.15) is 0 Å². The molecule has 0 bridgehead atoms. The number of piperazine rings is 1. The van der Waals surface area contributed by atoms with E-state index < -0.39 is 0 Å². The summed E-state index contributed by atoms with van der Waals surface area (Å²) < 4.78 is 0. The molecule has 1 saturated heterocycles. The van der Waals surface area contributed by atoms with Gasteiger partial charge < -0.3 is 5.73 Å². The third-order valence-electron chi connectivity index (χ3n) is 3.61. The Labute approximate surface area is 115 Å². The third kappa shape index (κ3) is 3.37. The summed E-state index contributed by atoms with van der Waals surface area (Å²) in [6.07, 6.45) is 0. The van der Waals surface area contributed by atoms with Gasteiger partial charge in [-0.25, -0.2) is 0 Å². The standard InChI is InChI=1S/C14H22ClN3/c1-11(2)18-7-5-17(6-8-18)10-12-3-4-13(16)9-14(12)15/h3-4,9,11H,5-8,10,16H2,1-2H3. The molecule has 3 nitrogen and oxygen atoms in total. The number of hydrogen-bond acceptors (Lipinski definition) is 3. The van der Waals surface area contributed by atoms with Crippen LogP contribution in [0.25, 0.3) is 0 Å². The Balaban J connectivity index is 1.91. The highest BCUT2D eigenvalue weighted by atomic mass is 35.5. The number of halogens is 1. The van der Waals surface area contributed by atoms with E-state index in [1.54, 1.807) is 0 Å². The van der Waals surface area contributed by atoms with Crippen LogP contribution in [-0.4, -0.2) is 42.0 Å². The van der Waals surface area contributed by atoms with E-state index in [0.29, 0.717) is 6.04 Å². The van der Waals surface area contributed by atoms with Gasteiger partial charge in [-0.05, 0) is 31.5 Å². The van der Waals surface area contributed by atoms with Crippen LogP contribution in [0.2, 0.25) is 5.02 Å². The molecule has 0 atom stereocenters. The molecule has 100 valence electrons. The second-order valence-corrected chi connectivity index (χ2v) is 5.66. The van der Waals surface area contributed by atoms with Crippen LogP contribution in [0.15, 0.2) is 18.2 Å². The Morgan fingerprint density at radius 1 is 1.22 bits per heavy atom. The maximum Gasteiger partial charge on any atom is 0.0471 e. The lowest BCUT2D eigenvalue weighted by molar-refractivity contribution is 0.104. The fourth-order valence-corrected chi connectivity index (χ4v) is 2.62. The molecule has 1 fully saturated rings. The summed E-state index contributed by atoms with van der Waals surface area (Å²) in [5, 5.41) is 0.779. The molecule has 18 heavy (non-hydrogen) atoms. The smallest absolute Gasteiger partial charge is 0.0471 e. The highest BCUT2D eigenvalue weighted by Gasteiger charge is 2.19. The van der Waals surface area contributed by atoms with Crippen molar-refractivity contribution in [2.75, 3.05) is 31.9 Å². The van der Waals surface area contributed by atoms with Gasteiger partial charge in [-0.1, -0.05) is 17.7 Å². The molecule has 4 heteroatoms. The minimum absolute atomic E-state index is 0.646. The average Bonchev–Trinajstić information content (AvgIpc) is 2.33. The van der Waals surface area contributed by atoms with E-state index >= 15 is 0 Å². The van der Waals surface area contributed by atoms with Crippen molar-refractivity contribution in [1.82, 2.24) is 9.80 Å². The molecular weight excluding hydrogens is 246 g/mol. The molecule has 0 radical (unpaired) electrons. The van der Waals surface area contributed by atoms with Crippen molar-refractivity contribution in [3.63, 3.8) is 0 Å². The number of anilines is 1. The fourth-order valence-electron chi connectivity index (χ4n) is 2.37. The van der Waals surface area contributed by atoms with Crippen LogP contribution in [0.4, 0.5) is 5.69 Å². The topological polar surface area (TPSA) is 32.5 Å². The molecular formula is C14H22ClN3. The molecule has 1 aliphatic heterocycles. The quantitative estimate of drug-likeness (QED) is 0.854. The van der Waals surface area contributed by atoms with Crippen molar-refractivity contribution in [3.8, 4) is 0 Å². The molecule has 0 aromatic heterocycles. The number of nitrogen functional groups attached to an aromatic ring is 1. The average molecular weight is 268 g/mol. The van der Waals surface area contributed by atoms with Crippen molar-refractivity contribution >= 4 is 17.3 Å². The van der Waals surface area contributed by atoms with Gasteiger partial charge in [0.1, 0.15) is 0 Å². The van der Waals surface area contributed by atoms with E-state index in [9.17, 15) is 0 Å². The maximum atomic E-state index is 6.21. The number of nitrogens with zero attached hydrogens (tertiary/aromatic N) is 2. The Morgan fingerprint density at radius 2 is 1.89 bits per heavy atom. The van der Waals surface area contributed by atoms with E-state index in [1.165, 1.54) is 5.56 Å². The van der Waals surface area contributed by atoms with Crippen LogP contribution in [0.3, 0.4) is 0 Å². The van der Waals surface area contributed by atoms with Crippen molar-refractivity contribution in [1.29, 1.82) is 0 Å². The normalized spacial score (nSPS) is 18.4. The van der Waals surface area contributed by atoms with Crippen molar-refractivity contribution in [2.24, 2.45) is 0 Å². The molecule has 0 aliphatic carbocycles. The second-order valence-electron chi connectivity index (χ2n) is 5.26. The van der Waals surface area contributed by atoms with Crippen LogP contribution in [0.5, 0.6) is 0 Å². The Hall–Kier alpha value is -0.770. The first kappa shape index (κ1) is 13.7. The predicted molar refractivity (Wildman–Crippen MR) is 77.9 cm³/mol. The molecule has 2 N–H and O–H groups in total. The first-order chi connectivity index (χ1) is 8.56. The summed E-state index contributed by atoms with van der Waals surface area (Å²) in [7, 11) is 0. The molecule has 0 amide bonds. The van der Waals surface area contributed by atoms with E-state index in [0.717, 1.165) is 43.4 Å². The summed E-state index contributed by atoms with van der Waals surface area (Å²) in [4.78, 5) is 4.97. The van der Waals surface area contributed by atoms with Crippen LogP contribution in [0.1, 0.15) is 19.4 Å². The fraction of sp³-hybridized carbons (Fsp3) is 0.571. The van der Waals surface area contributed by atoms with E-state index in [2.05, 4.69) is 23.6 Å². The van der Waals surface area contributed by atoms with E-state index in [1.807, 2.05) is 18.2 Å². The van der Waals surface area contributed by atoms with Crippen molar-refractivity contribution < 1.29 is 0 Å². The zero-order chi connectivity index (χ0) is 13.1. The van der Waals surface area contributed by atoms with Crippen molar-refractivity contribution in [3.05, 3.63) is 28.8 Å². The lowest BCUT2D eigenvalue weighted by atomic mass is 10.1. The van der Waals surface area contributed by atoms with Gasteiger partial charge in [-0.3, -0.25) is 9.80 Å². The van der Waals surface area contributed by atoms with Gasteiger partial charge in [0, 0.05) is 49.5 Å². The zero-order valence-electron chi connectivity index (χ0n) is 11.2.